The molecule has 2 unspecified atom stereocenters. The van der Waals surface area contributed by atoms with Gasteiger partial charge in [-0.05, 0) is 71.7 Å². The van der Waals surface area contributed by atoms with E-state index in [0.717, 1.165) is 49.7 Å². The van der Waals surface area contributed by atoms with Crippen molar-refractivity contribution in [2.24, 2.45) is 17.8 Å². The van der Waals surface area contributed by atoms with E-state index in [9.17, 15) is 0 Å². The number of tetrazole rings is 1. The van der Waals surface area contributed by atoms with Gasteiger partial charge in [-0.15, -0.1) is 5.10 Å². The molecule has 0 aliphatic carbocycles. The molecule has 1 aromatic carbocycles. The van der Waals surface area contributed by atoms with E-state index in [0.29, 0.717) is 29.4 Å². The fourth-order valence-electron chi connectivity index (χ4n) is 4.16. The van der Waals surface area contributed by atoms with Gasteiger partial charge in [0.15, 0.2) is 0 Å². The lowest BCUT2D eigenvalue weighted by Gasteiger charge is -2.37. The van der Waals surface area contributed by atoms with Crippen molar-refractivity contribution < 1.29 is 4.74 Å². The second kappa shape index (κ2) is 10.0. The van der Waals surface area contributed by atoms with Crippen molar-refractivity contribution in [3.8, 4) is 11.4 Å². The molecule has 4 rings (SSSR count). The standard InChI is InChI=1S/C22H28ClN7O/c1-16(9-12-31-21-5-3-20(4-6-21)30-15-26-27-28-30)17(2)18-7-10-29(11-8-18)22-24-13-19(23)14-25-22/h3-6,13-18H,7-12H2,1-2H3. The number of piperidine rings is 1. The van der Waals surface area contributed by atoms with Gasteiger partial charge in [-0.2, -0.15) is 0 Å². The predicted molar refractivity (Wildman–Crippen MR) is 120 cm³/mol. The first-order chi connectivity index (χ1) is 15.1. The number of benzene rings is 1. The molecule has 3 aromatic rings. The number of hydrogen-bond acceptors (Lipinski definition) is 7. The highest BCUT2D eigenvalue weighted by molar-refractivity contribution is 6.30. The topological polar surface area (TPSA) is 81.9 Å². The van der Waals surface area contributed by atoms with Crippen LogP contribution < -0.4 is 9.64 Å². The van der Waals surface area contributed by atoms with Crippen LogP contribution >= 0.6 is 11.6 Å². The first-order valence-corrected chi connectivity index (χ1v) is 11.2. The Hall–Kier alpha value is -2.74. The SMILES string of the molecule is CC(CCOc1ccc(-n2cnnn2)cc1)C(C)C1CCN(c2ncc(Cl)cn2)CC1. The van der Waals surface area contributed by atoms with Crippen LogP contribution in [0.4, 0.5) is 5.95 Å². The van der Waals surface area contributed by atoms with Crippen LogP contribution in [-0.4, -0.2) is 49.9 Å². The van der Waals surface area contributed by atoms with Crippen LogP contribution in [0.1, 0.15) is 33.1 Å². The van der Waals surface area contributed by atoms with E-state index in [4.69, 9.17) is 16.3 Å². The molecule has 1 aliphatic rings. The third kappa shape index (κ3) is 5.50. The lowest BCUT2D eigenvalue weighted by atomic mass is 9.77. The fourth-order valence-corrected chi connectivity index (χ4v) is 4.26. The van der Waals surface area contributed by atoms with Gasteiger partial charge in [0.05, 0.1) is 29.7 Å². The number of hydrogen-bond donors (Lipinski definition) is 0. The molecule has 8 nitrogen and oxygen atoms in total. The summed E-state index contributed by atoms with van der Waals surface area (Å²) in [5.41, 5.74) is 0.912. The van der Waals surface area contributed by atoms with Gasteiger partial charge in [-0.25, -0.2) is 14.6 Å². The lowest BCUT2D eigenvalue weighted by Crippen LogP contribution is -2.37. The third-order valence-corrected chi connectivity index (χ3v) is 6.56. The van der Waals surface area contributed by atoms with Gasteiger partial charge in [0.1, 0.15) is 12.1 Å². The van der Waals surface area contributed by atoms with Crippen molar-refractivity contribution in [3.05, 3.63) is 48.0 Å². The van der Waals surface area contributed by atoms with E-state index >= 15 is 0 Å². The summed E-state index contributed by atoms with van der Waals surface area (Å²) in [4.78, 5) is 11.0. The van der Waals surface area contributed by atoms with Gasteiger partial charge >= 0.3 is 0 Å². The minimum atomic E-state index is 0.576. The van der Waals surface area contributed by atoms with Crippen LogP contribution in [0, 0.1) is 17.8 Å². The number of rotatable bonds is 8. The molecule has 3 heterocycles. The molecule has 0 amide bonds. The Labute approximate surface area is 187 Å². The Bertz CT molecular complexity index is 926. The first-order valence-electron chi connectivity index (χ1n) is 10.8. The van der Waals surface area contributed by atoms with Crippen molar-refractivity contribution in [1.82, 2.24) is 30.2 Å². The van der Waals surface area contributed by atoms with E-state index < -0.39 is 0 Å². The maximum atomic E-state index is 5.97. The van der Waals surface area contributed by atoms with Crippen LogP contribution in [0.2, 0.25) is 5.02 Å². The highest BCUT2D eigenvalue weighted by Crippen LogP contribution is 2.32. The Kier molecular flexibility index (Phi) is 6.96. The summed E-state index contributed by atoms with van der Waals surface area (Å²) in [6.45, 7) is 7.42. The largest absolute Gasteiger partial charge is 0.494 e. The second-order valence-corrected chi connectivity index (χ2v) is 8.68. The van der Waals surface area contributed by atoms with Crippen molar-refractivity contribution >= 4 is 17.5 Å². The lowest BCUT2D eigenvalue weighted by molar-refractivity contribution is 0.186. The first kappa shape index (κ1) is 21.5. The van der Waals surface area contributed by atoms with Gasteiger partial charge < -0.3 is 9.64 Å². The van der Waals surface area contributed by atoms with Gasteiger partial charge in [-0.1, -0.05) is 25.4 Å². The van der Waals surface area contributed by atoms with Crippen molar-refractivity contribution in [2.75, 3.05) is 24.6 Å². The molecule has 0 spiro atoms. The van der Waals surface area contributed by atoms with Crippen LogP contribution in [0.25, 0.3) is 5.69 Å². The summed E-state index contributed by atoms with van der Waals surface area (Å²) in [6.07, 6.45) is 8.27. The molecular formula is C22H28ClN7O. The third-order valence-electron chi connectivity index (χ3n) is 6.36. The summed E-state index contributed by atoms with van der Waals surface area (Å²) in [5, 5.41) is 11.8. The van der Waals surface area contributed by atoms with Gasteiger partial charge in [0.25, 0.3) is 0 Å². The van der Waals surface area contributed by atoms with Gasteiger partial charge in [0.2, 0.25) is 5.95 Å². The molecule has 0 radical (unpaired) electrons. The summed E-state index contributed by atoms with van der Waals surface area (Å²) >= 11 is 5.90. The molecule has 9 heteroatoms. The summed E-state index contributed by atoms with van der Waals surface area (Å²) < 4.78 is 7.60. The Morgan fingerprint density at radius 2 is 1.81 bits per heavy atom. The molecule has 1 aliphatic heterocycles. The molecule has 164 valence electrons. The zero-order valence-corrected chi connectivity index (χ0v) is 18.7. The van der Waals surface area contributed by atoms with Crippen molar-refractivity contribution in [3.63, 3.8) is 0 Å². The number of aromatic nitrogens is 6. The van der Waals surface area contributed by atoms with Crippen LogP contribution in [0.5, 0.6) is 5.75 Å². The quantitative estimate of drug-likeness (QED) is 0.521. The highest BCUT2D eigenvalue weighted by Gasteiger charge is 2.28. The van der Waals surface area contributed by atoms with E-state index in [1.165, 1.54) is 0 Å². The van der Waals surface area contributed by atoms with Crippen LogP contribution in [-0.2, 0) is 0 Å². The molecular weight excluding hydrogens is 414 g/mol. The van der Waals surface area contributed by atoms with E-state index in [1.54, 1.807) is 23.4 Å². The smallest absolute Gasteiger partial charge is 0.225 e. The monoisotopic (exact) mass is 441 g/mol. The molecule has 0 bridgehead atoms. The Balaban J connectivity index is 1.20. The summed E-state index contributed by atoms with van der Waals surface area (Å²) in [5.74, 6) is 3.62. The number of anilines is 1. The minimum Gasteiger partial charge on any atom is -0.494 e. The number of ether oxygens (including phenoxy) is 1. The normalized spacial score (nSPS) is 16.8. The maximum absolute atomic E-state index is 5.97. The molecule has 1 saturated heterocycles. The van der Waals surface area contributed by atoms with Crippen LogP contribution in [0.3, 0.4) is 0 Å². The summed E-state index contributed by atoms with van der Waals surface area (Å²) in [7, 11) is 0. The van der Waals surface area contributed by atoms with Crippen molar-refractivity contribution in [1.29, 1.82) is 0 Å². The van der Waals surface area contributed by atoms with Crippen molar-refractivity contribution in [2.45, 2.75) is 33.1 Å². The zero-order chi connectivity index (χ0) is 21.6. The molecule has 1 fully saturated rings. The molecule has 2 atom stereocenters. The second-order valence-electron chi connectivity index (χ2n) is 8.25. The van der Waals surface area contributed by atoms with E-state index in [2.05, 4.69) is 44.2 Å². The Morgan fingerprint density at radius 1 is 1.10 bits per heavy atom. The molecule has 2 aromatic heterocycles. The Morgan fingerprint density at radius 3 is 2.45 bits per heavy atom. The molecule has 0 N–H and O–H groups in total. The van der Waals surface area contributed by atoms with E-state index in [-0.39, 0.29) is 0 Å². The zero-order valence-electron chi connectivity index (χ0n) is 17.9. The highest BCUT2D eigenvalue weighted by atomic mass is 35.5. The van der Waals surface area contributed by atoms with Gasteiger partial charge in [-0.3, -0.25) is 0 Å². The maximum Gasteiger partial charge on any atom is 0.225 e. The fraction of sp³-hybridized carbons (Fsp3) is 0.500. The predicted octanol–water partition coefficient (Wildman–Crippen LogP) is 4.06. The average molecular weight is 442 g/mol. The summed E-state index contributed by atoms with van der Waals surface area (Å²) in [6, 6.07) is 7.82. The van der Waals surface area contributed by atoms with E-state index in [1.807, 2.05) is 24.3 Å². The minimum absolute atomic E-state index is 0.576. The van der Waals surface area contributed by atoms with Crippen LogP contribution in [0.15, 0.2) is 43.0 Å². The number of nitrogens with zero attached hydrogens (tertiary/aromatic N) is 7. The molecule has 31 heavy (non-hydrogen) atoms. The average Bonchev–Trinajstić information content (AvgIpc) is 3.35. The molecule has 0 saturated carbocycles. The number of halogens is 1. The van der Waals surface area contributed by atoms with Gasteiger partial charge in [0, 0.05) is 13.1 Å².